The fourth-order valence-corrected chi connectivity index (χ4v) is 5.46. The first kappa shape index (κ1) is 25.5. The van der Waals surface area contributed by atoms with Gasteiger partial charge in [-0.15, -0.1) is 0 Å². The summed E-state index contributed by atoms with van der Waals surface area (Å²) in [6, 6.07) is 7.26. The van der Waals surface area contributed by atoms with Crippen LogP contribution in [0.3, 0.4) is 0 Å². The number of rotatable bonds is 8. The Morgan fingerprint density at radius 2 is 1.97 bits per heavy atom. The van der Waals surface area contributed by atoms with Crippen LogP contribution in [-0.2, 0) is 6.54 Å². The van der Waals surface area contributed by atoms with E-state index in [1.165, 1.54) is 6.42 Å². The second kappa shape index (κ2) is 11.1. The second-order valence-electron chi connectivity index (χ2n) is 9.35. The minimum atomic E-state index is -0.273. The highest BCUT2D eigenvalue weighted by Gasteiger charge is 2.24. The highest BCUT2D eigenvalue weighted by molar-refractivity contribution is 7.99. The van der Waals surface area contributed by atoms with Gasteiger partial charge in [-0.3, -0.25) is 4.79 Å². The number of aryl methyl sites for hydroxylation is 1. The Kier molecular flexibility index (Phi) is 7.66. The second-order valence-corrected chi connectivity index (χ2v) is 11.3. The van der Waals surface area contributed by atoms with E-state index < -0.39 is 0 Å². The summed E-state index contributed by atoms with van der Waals surface area (Å²) < 4.78 is 7.18. The van der Waals surface area contributed by atoms with Crippen molar-refractivity contribution in [1.29, 1.82) is 0 Å². The number of hydrogen-bond donors (Lipinski definition) is 1. The van der Waals surface area contributed by atoms with Crippen LogP contribution in [0.2, 0.25) is 5.02 Å². The van der Waals surface area contributed by atoms with Crippen LogP contribution in [0.1, 0.15) is 49.2 Å². The Hall–Kier alpha value is -3.11. The van der Waals surface area contributed by atoms with E-state index in [1.54, 1.807) is 24.8 Å². The number of piperidine rings is 1. The summed E-state index contributed by atoms with van der Waals surface area (Å²) in [6.07, 6.45) is 5.42. The fourth-order valence-electron chi connectivity index (χ4n) is 4.54. The molecule has 5 rings (SSSR count). The Morgan fingerprint density at radius 1 is 1.19 bits per heavy atom. The quantitative estimate of drug-likeness (QED) is 0.236. The molecule has 3 aromatic heterocycles. The number of benzene rings is 1. The van der Waals surface area contributed by atoms with Crippen LogP contribution < -0.4 is 10.2 Å². The lowest BCUT2D eigenvalue weighted by Crippen LogP contribution is -2.30. The maximum Gasteiger partial charge on any atom is 0.257 e. The molecule has 0 unspecified atom stereocenters. The van der Waals surface area contributed by atoms with Gasteiger partial charge in [0.2, 0.25) is 0 Å². The van der Waals surface area contributed by atoms with Gasteiger partial charge in [0.1, 0.15) is 22.8 Å². The fraction of sp³-hybridized carbons (Fsp3) is 0.423. The van der Waals surface area contributed by atoms with Crippen LogP contribution in [0.4, 0.5) is 5.82 Å². The van der Waals surface area contributed by atoms with Crippen molar-refractivity contribution in [2.24, 2.45) is 0 Å². The van der Waals surface area contributed by atoms with E-state index in [0.717, 1.165) is 47.9 Å². The lowest BCUT2D eigenvalue weighted by atomic mass is 10.1. The van der Waals surface area contributed by atoms with Gasteiger partial charge in [-0.2, -0.15) is 5.10 Å². The summed E-state index contributed by atoms with van der Waals surface area (Å²) in [6.45, 7) is 8.79. The third-order valence-electron chi connectivity index (χ3n) is 6.28. The number of anilines is 1. The molecule has 1 saturated heterocycles. The van der Waals surface area contributed by atoms with Gasteiger partial charge in [0.15, 0.2) is 10.8 Å². The van der Waals surface area contributed by atoms with Gasteiger partial charge in [0.25, 0.3) is 5.91 Å². The normalized spacial score (nSPS) is 14.0. The topological polar surface area (TPSA) is 102 Å². The van der Waals surface area contributed by atoms with Gasteiger partial charge in [-0.05, 0) is 32.3 Å². The average molecular weight is 540 g/mol. The zero-order chi connectivity index (χ0) is 25.9. The predicted octanol–water partition coefficient (Wildman–Crippen LogP) is 5.36. The highest BCUT2D eigenvalue weighted by Crippen LogP contribution is 2.32. The third-order valence-corrected chi connectivity index (χ3v) is 7.47. The van der Waals surface area contributed by atoms with Gasteiger partial charge in [0, 0.05) is 30.4 Å². The summed E-state index contributed by atoms with van der Waals surface area (Å²) in [5.41, 5.74) is 2.25. The molecule has 0 saturated carbocycles. The lowest BCUT2D eigenvalue weighted by Gasteiger charge is -2.28. The van der Waals surface area contributed by atoms with Crippen molar-refractivity contribution in [2.75, 3.05) is 24.5 Å². The molecule has 1 fully saturated rings. The maximum absolute atomic E-state index is 13.1. The van der Waals surface area contributed by atoms with E-state index in [1.807, 2.05) is 29.1 Å². The molecular formula is C26H30ClN7O2S. The molecule has 1 amide bonds. The molecule has 0 radical (unpaired) electrons. The third kappa shape index (κ3) is 5.45. The Bertz CT molecular complexity index is 1410. The first-order valence-electron chi connectivity index (χ1n) is 12.6. The van der Waals surface area contributed by atoms with Gasteiger partial charge in [0.05, 0.1) is 23.2 Å². The lowest BCUT2D eigenvalue weighted by molar-refractivity contribution is 0.0951. The average Bonchev–Trinajstić information content (AvgIpc) is 3.47. The van der Waals surface area contributed by atoms with E-state index in [0.29, 0.717) is 45.9 Å². The number of carbonyl (C=O) groups excluding carboxylic acids is 1. The zero-order valence-corrected chi connectivity index (χ0v) is 22.8. The molecule has 1 N–H and O–H groups in total. The van der Waals surface area contributed by atoms with E-state index in [-0.39, 0.29) is 5.91 Å². The number of thioether (sulfide) groups is 1. The monoisotopic (exact) mass is 539 g/mol. The minimum absolute atomic E-state index is 0.273. The van der Waals surface area contributed by atoms with Crippen LogP contribution in [0.15, 0.2) is 40.1 Å². The number of fused-ring (bicyclic) bond motifs is 1. The summed E-state index contributed by atoms with van der Waals surface area (Å²) in [5.74, 6) is 1.11. The molecule has 194 valence electrons. The van der Waals surface area contributed by atoms with Crippen LogP contribution in [0.5, 0.6) is 0 Å². The van der Waals surface area contributed by atoms with Crippen molar-refractivity contribution < 1.29 is 9.32 Å². The molecule has 0 spiro atoms. The Balaban J connectivity index is 1.36. The van der Waals surface area contributed by atoms with E-state index in [4.69, 9.17) is 26.1 Å². The number of amides is 1. The summed E-state index contributed by atoms with van der Waals surface area (Å²) in [4.78, 5) is 25.2. The molecule has 4 heterocycles. The standard InChI is InChI=1S/C26H30ClN7O2S/c1-16(2)37-26-30-23(33-12-7-4-8-13-33)19-15-29-34(24(19)31-26)14-11-28-25(35)21-17(3)36-32-22(21)18-9-5-6-10-20(18)27/h5-6,9-10,15-16H,4,7-8,11-14H2,1-3H3,(H,28,35). The predicted molar refractivity (Wildman–Crippen MR) is 146 cm³/mol. The van der Waals surface area contributed by atoms with Crippen molar-refractivity contribution in [1.82, 2.24) is 30.2 Å². The SMILES string of the molecule is Cc1onc(-c2ccccc2Cl)c1C(=O)NCCn1ncc2c(N3CCCCC3)nc(SC(C)C)nc21. The Labute approximate surface area is 225 Å². The maximum atomic E-state index is 13.1. The molecule has 0 atom stereocenters. The van der Waals surface area contributed by atoms with Crippen molar-refractivity contribution in [3.05, 3.63) is 46.8 Å². The van der Waals surface area contributed by atoms with E-state index in [2.05, 4.69) is 34.3 Å². The number of nitrogens with one attached hydrogen (secondary N) is 1. The van der Waals surface area contributed by atoms with Crippen molar-refractivity contribution >= 4 is 46.1 Å². The molecule has 1 aliphatic heterocycles. The van der Waals surface area contributed by atoms with Crippen LogP contribution in [0, 0.1) is 6.92 Å². The molecule has 4 aromatic rings. The van der Waals surface area contributed by atoms with E-state index >= 15 is 0 Å². The molecule has 1 aromatic carbocycles. The van der Waals surface area contributed by atoms with E-state index in [9.17, 15) is 4.79 Å². The Morgan fingerprint density at radius 3 is 2.73 bits per heavy atom. The first-order chi connectivity index (χ1) is 17.9. The molecule has 0 bridgehead atoms. The highest BCUT2D eigenvalue weighted by atomic mass is 35.5. The van der Waals surface area contributed by atoms with Crippen LogP contribution in [-0.4, -0.2) is 55.7 Å². The van der Waals surface area contributed by atoms with Crippen molar-refractivity contribution in [3.8, 4) is 11.3 Å². The number of nitrogens with zero attached hydrogens (tertiary/aromatic N) is 6. The smallest absolute Gasteiger partial charge is 0.257 e. The summed E-state index contributed by atoms with van der Waals surface area (Å²) >= 11 is 7.99. The number of hydrogen-bond acceptors (Lipinski definition) is 8. The zero-order valence-electron chi connectivity index (χ0n) is 21.2. The van der Waals surface area contributed by atoms with Gasteiger partial charge in [-0.25, -0.2) is 14.6 Å². The van der Waals surface area contributed by atoms with Crippen LogP contribution >= 0.6 is 23.4 Å². The molecule has 11 heteroatoms. The molecular weight excluding hydrogens is 510 g/mol. The number of carbonyl (C=O) groups is 1. The first-order valence-corrected chi connectivity index (χ1v) is 13.8. The molecule has 0 aliphatic carbocycles. The molecule has 1 aliphatic rings. The largest absolute Gasteiger partial charge is 0.360 e. The number of halogens is 1. The molecule has 37 heavy (non-hydrogen) atoms. The van der Waals surface area contributed by atoms with Gasteiger partial charge in [-0.1, -0.05) is 60.6 Å². The molecule has 9 nitrogen and oxygen atoms in total. The summed E-state index contributed by atoms with van der Waals surface area (Å²) in [5, 5.41) is 14.2. The van der Waals surface area contributed by atoms with Crippen molar-refractivity contribution in [3.63, 3.8) is 0 Å². The summed E-state index contributed by atoms with van der Waals surface area (Å²) in [7, 11) is 0. The van der Waals surface area contributed by atoms with Crippen molar-refractivity contribution in [2.45, 2.75) is 57.0 Å². The van der Waals surface area contributed by atoms with Crippen LogP contribution in [0.25, 0.3) is 22.3 Å². The van der Waals surface area contributed by atoms with Gasteiger partial charge < -0.3 is 14.7 Å². The minimum Gasteiger partial charge on any atom is -0.360 e. The van der Waals surface area contributed by atoms with Gasteiger partial charge >= 0.3 is 0 Å². The number of aromatic nitrogens is 5.